The van der Waals surface area contributed by atoms with Crippen LogP contribution in [0, 0.1) is 5.82 Å². The maximum Gasteiger partial charge on any atom is 0.193 e. The van der Waals surface area contributed by atoms with Gasteiger partial charge in [-0.05, 0) is 48.5 Å². The summed E-state index contributed by atoms with van der Waals surface area (Å²) in [6.45, 7) is 0. The summed E-state index contributed by atoms with van der Waals surface area (Å²) in [5, 5.41) is 2.18. The van der Waals surface area contributed by atoms with Gasteiger partial charge in [0.25, 0.3) is 0 Å². The molecule has 0 aliphatic carbocycles. The quantitative estimate of drug-likeness (QED) is 0.492. The molecule has 112 valence electrons. The highest BCUT2D eigenvalue weighted by Gasteiger charge is 2.13. The number of ketones is 1. The molecule has 1 aromatic heterocycles. The van der Waals surface area contributed by atoms with Gasteiger partial charge in [0.2, 0.25) is 0 Å². The third kappa shape index (κ3) is 2.13. The van der Waals surface area contributed by atoms with E-state index in [1.807, 2.05) is 37.4 Å². The molecule has 3 heteroatoms. The lowest BCUT2D eigenvalue weighted by Gasteiger charge is -2.03. The minimum atomic E-state index is -0.342. The van der Waals surface area contributed by atoms with E-state index in [-0.39, 0.29) is 11.6 Å². The van der Waals surface area contributed by atoms with E-state index in [9.17, 15) is 9.18 Å². The van der Waals surface area contributed by atoms with Crippen LogP contribution in [-0.2, 0) is 7.05 Å². The number of carbonyl (C=O) groups excluding carboxylic acids is 1. The maximum absolute atomic E-state index is 13.0. The minimum Gasteiger partial charge on any atom is -0.344 e. The molecular weight excluding hydrogens is 289 g/mol. The van der Waals surface area contributed by atoms with Crippen LogP contribution in [0.2, 0.25) is 0 Å². The fraction of sp³-hybridized carbons (Fsp3) is 0.0500. The van der Waals surface area contributed by atoms with Crippen molar-refractivity contribution in [3.8, 4) is 0 Å². The van der Waals surface area contributed by atoms with E-state index < -0.39 is 0 Å². The van der Waals surface area contributed by atoms with Gasteiger partial charge in [-0.25, -0.2) is 4.39 Å². The molecule has 0 saturated carbocycles. The topological polar surface area (TPSA) is 22.0 Å². The summed E-state index contributed by atoms with van der Waals surface area (Å²) in [5.41, 5.74) is 3.32. The lowest BCUT2D eigenvalue weighted by Crippen LogP contribution is -2.01. The van der Waals surface area contributed by atoms with E-state index in [1.54, 1.807) is 0 Å². The molecule has 23 heavy (non-hydrogen) atoms. The summed E-state index contributed by atoms with van der Waals surface area (Å²) in [6, 6.07) is 19.5. The molecule has 0 fully saturated rings. The van der Waals surface area contributed by atoms with Crippen molar-refractivity contribution in [3.05, 3.63) is 83.7 Å². The molecule has 3 aromatic carbocycles. The molecule has 4 rings (SSSR count). The van der Waals surface area contributed by atoms with E-state index in [0.29, 0.717) is 11.1 Å². The first kappa shape index (κ1) is 13.7. The van der Waals surface area contributed by atoms with E-state index >= 15 is 0 Å². The van der Waals surface area contributed by atoms with Crippen LogP contribution in [0.3, 0.4) is 0 Å². The summed E-state index contributed by atoms with van der Waals surface area (Å²) < 4.78 is 15.1. The number of hydrogen-bond acceptors (Lipinski definition) is 1. The number of fused-ring (bicyclic) bond motifs is 3. The van der Waals surface area contributed by atoms with Crippen LogP contribution in [0.4, 0.5) is 4.39 Å². The van der Waals surface area contributed by atoms with Crippen LogP contribution in [0.5, 0.6) is 0 Å². The average Bonchev–Trinajstić information content (AvgIpc) is 2.88. The molecule has 0 amide bonds. The molecule has 0 spiro atoms. The fourth-order valence-corrected chi connectivity index (χ4v) is 3.08. The Morgan fingerprint density at radius 2 is 1.48 bits per heavy atom. The van der Waals surface area contributed by atoms with Crippen LogP contribution in [-0.4, -0.2) is 10.4 Å². The SMILES string of the molecule is Cn1c2ccccc2c2cc(C(=O)c3ccc(F)cc3)ccc21. The van der Waals surface area contributed by atoms with E-state index in [0.717, 1.165) is 21.8 Å². The first-order valence-corrected chi connectivity index (χ1v) is 7.42. The third-order valence-electron chi connectivity index (χ3n) is 4.28. The molecule has 0 N–H and O–H groups in total. The standard InChI is InChI=1S/C20H14FNO/c1-22-18-5-3-2-4-16(18)17-12-14(8-11-19(17)22)20(23)13-6-9-15(21)10-7-13/h2-12H,1H3. The van der Waals surface area contributed by atoms with Crippen molar-refractivity contribution in [2.24, 2.45) is 7.05 Å². The van der Waals surface area contributed by atoms with Crippen molar-refractivity contribution in [1.82, 2.24) is 4.57 Å². The Balaban J connectivity index is 1.90. The zero-order valence-corrected chi connectivity index (χ0v) is 12.6. The fourth-order valence-electron chi connectivity index (χ4n) is 3.08. The normalized spacial score (nSPS) is 11.2. The zero-order valence-electron chi connectivity index (χ0n) is 12.6. The Labute approximate surface area is 132 Å². The number of halogens is 1. The largest absolute Gasteiger partial charge is 0.344 e. The van der Waals surface area contributed by atoms with Gasteiger partial charge in [0.1, 0.15) is 5.82 Å². The Bertz CT molecular complexity index is 1040. The number of carbonyl (C=O) groups is 1. The number of aryl methyl sites for hydroxylation is 1. The Kier molecular flexibility index (Phi) is 3.01. The summed E-state index contributed by atoms with van der Waals surface area (Å²) in [7, 11) is 2.02. The Morgan fingerprint density at radius 1 is 0.826 bits per heavy atom. The van der Waals surface area contributed by atoms with E-state index in [2.05, 4.69) is 16.7 Å². The van der Waals surface area contributed by atoms with Gasteiger partial charge >= 0.3 is 0 Å². The van der Waals surface area contributed by atoms with Gasteiger partial charge in [0, 0.05) is 40.0 Å². The molecule has 0 radical (unpaired) electrons. The second-order valence-electron chi connectivity index (χ2n) is 5.64. The highest BCUT2D eigenvalue weighted by molar-refractivity contribution is 6.14. The maximum atomic E-state index is 13.0. The van der Waals surface area contributed by atoms with Gasteiger partial charge in [-0.15, -0.1) is 0 Å². The summed E-state index contributed by atoms with van der Waals surface area (Å²) >= 11 is 0. The van der Waals surface area contributed by atoms with Gasteiger partial charge in [-0.1, -0.05) is 18.2 Å². The molecule has 0 unspecified atom stereocenters. The molecule has 0 bridgehead atoms. The van der Waals surface area contributed by atoms with Gasteiger partial charge in [-0.3, -0.25) is 4.79 Å². The first-order chi connectivity index (χ1) is 11.1. The van der Waals surface area contributed by atoms with Gasteiger partial charge in [0.05, 0.1) is 0 Å². The third-order valence-corrected chi connectivity index (χ3v) is 4.28. The van der Waals surface area contributed by atoms with E-state index in [4.69, 9.17) is 0 Å². The number of rotatable bonds is 2. The van der Waals surface area contributed by atoms with Crippen molar-refractivity contribution < 1.29 is 9.18 Å². The Morgan fingerprint density at radius 3 is 2.26 bits per heavy atom. The molecular formula is C20H14FNO. The summed E-state index contributed by atoms with van der Waals surface area (Å²) in [6.07, 6.45) is 0. The highest BCUT2D eigenvalue weighted by atomic mass is 19.1. The number of aromatic nitrogens is 1. The summed E-state index contributed by atoms with van der Waals surface area (Å²) in [5.74, 6) is -0.439. The molecule has 0 aliphatic rings. The number of para-hydroxylation sites is 1. The average molecular weight is 303 g/mol. The molecule has 0 saturated heterocycles. The van der Waals surface area contributed by atoms with Crippen LogP contribution in [0.1, 0.15) is 15.9 Å². The smallest absolute Gasteiger partial charge is 0.193 e. The van der Waals surface area contributed by atoms with Crippen molar-refractivity contribution in [2.45, 2.75) is 0 Å². The predicted molar refractivity (Wildman–Crippen MR) is 90.3 cm³/mol. The minimum absolute atomic E-state index is 0.0974. The first-order valence-electron chi connectivity index (χ1n) is 7.42. The lowest BCUT2D eigenvalue weighted by molar-refractivity contribution is 0.103. The van der Waals surface area contributed by atoms with Gasteiger partial charge in [0.15, 0.2) is 5.78 Å². The molecule has 4 aromatic rings. The second-order valence-corrected chi connectivity index (χ2v) is 5.64. The second kappa shape index (κ2) is 5.06. The molecule has 0 atom stereocenters. The van der Waals surface area contributed by atoms with Crippen molar-refractivity contribution >= 4 is 27.6 Å². The van der Waals surface area contributed by atoms with Crippen LogP contribution in [0.25, 0.3) is 21.8 Å². The van der Waals surface area contributed by atoms with Crippen LogP contribution >= 0.6 is 0 Å². The molecule has 0 aliphatic heterocycles. The number of benzene rings is 3. The van der Waals surface area contributed by atoms with Crippen LogP contribution < -0.4 is 0 Å². The van der Waals surface area contributed by atoms with Crippen molar-refractivity contribution in [3.63, 3.8) is 0 Å². The van der Waals surface area contributed by atoms with Crippen molar-refractivity contribution in [2.75, 3.05) is 0 Å². The predicted octanol–water partition coefficient (Wildman–Crippen LogP) is 4.70. The zero-order chi connectivity index (χ0) is 16.0. The number of hydrogen-bond donors (Lipinski definition) is 0. The highest BCUT2D eigenvalue weighted by Crippen LogP contribution is 2.29. The number of nitrogens with zero attached hydrogens (tertiary/aromatic N) is 1. The van der Waals surface area contributed by atoms with Gasteiger partial charge in [-0.2, -0.15) is 0 Å². The van der Waals surface area contributed by atoms with Crippen LogP contribution in [0.15, 0.2) is 66.7 Å². The molecule has 1 heterocycles. The Hall–Kier alpha value is -2.94. The summed E-state index contributed by atoms with van der Waals surface area (Å²) in [4.78, 5) is 12.6. The molecule has 2 nitrogen and oxygen atoms in total. The van der Waals surface area contributed by atoms with Crippen molar-refractivity contribution in [1.29, 1.82) is 0 Å². The van der Waals surface area contributed by atoms with E-state index in [1.165, 1.54) is 24.3 Å². The van der Waals surface area contributed by atoms with Gasteiger partial charge < -0.3 is 4.57 Å². The monoisotopic (exact) mass is 303 g/mol. The lowest BCUT2D eigenvalue weighted by atomic mass is 10.0.